The Morgan fingerprint density at radius 1 is 1.04 bits per heavy atom. The number of carbonyl (C=O) groups is 1. The lowest BCUT2D eigenvalue weighted by Gasteiger charge is -2.25. The summed E-state index contributed by atoms with van der Waals surface area (Å²) in [6, 6.07) is 15.1. The van der Waals surface area contributed by atoms with E-state index >= 15 is 0 Å². The molecule has 1 unspecified atom stereocenters. The van der Waals surface area contributed by atoms with Gasteiger partial charge in [-0.1, -0.05) is 48.9 Å². The maximum absolute atomic E-state index is 12.4. The van der Waals surface area contributed by atoms with Gasteiger partial charge in [0, 0.05) is 13.0 Å². The Hall–Kier alpha value is -2.18. The molecule has 0 heterocycles. The third-order valence-corrected chi connectivity index (χ3v) is 6.60. The zero-order chi connectivity index (χ0) is 20.7. The van der Waals surface area contributed by atoms with Crippen molar-refractivity contribution < 1.29 is 13.2 Å². The molecule has 0 aromatic heterocycles. The standard InChI is InChI=1S/C22H30N2O3S/c1-5-18-8-10-19(11-9-18)21(24(3)4)16-23-22(25)14-15-28(26,27)20-12-6-17(2)7-13-20/h6-13,21H,5,14-16H2,1-4H3,(H,23,25). The number of hydrogen-bond acceptors (Lipinski definition) is 4. The summed E-state index contributed by atoms with van der Waals surface area (Å²) in [4.78, 5) is 14.5. The quantitative estimate of drug-likeness (QED) is 0.700. The summed E-state index contributed by atoms with van der Waals surface area (Å²) in [6.07, 6.45) is 0.935. The predicted octanol–water partition coefficient (Wildman–Crippen LogP) is 3.14. The van der Waals surface area contributed by atoms with Crippen LogP contribution in [0.3, 0.4) is 0 Å². The second-order valence-corrected chi connectivity index (χ2v) is 9.37. The number of aryl methyl sites for hydroxylation is 2. The lowest BCUT2D eigenvalue weighted by molar-refractivity contribution is -0.120. The van der Waals surface area contributed by atoms with Crippen molar-refractivity contribution in [2.24, 2.45) is 0 Å². The van der Waals surface area contributed by atoms with Crippen LogP contribution in [0.5, 0.6) is 0 Å². The second kappa shape index (κ2) is 9.85. The van der Waals surface area contributed by atoms with E-state index in [1.165, 1.54) is 5.56 Å². The highest BCUT2D eigenvalue weighted by Crippen LogP contribution is 2.18. The van der Waals surface area contributed by atoms with E-state index in [0.29, 0.717) is 6.54 Å². The molecule has 6 heteroatoms. The Balaban J connectivity index is 1.92. The third kappa shape index (κ3) is 6.17. The zero-order valence-corrected chi connectivity index (χ0v) is 17.9. The monoisotopic (exact) mass is 402 g/mol. The maximum Gasteiger partial charge on any atom is 0.221 e. The molecule has 0 bridgehead atoms. The Morgan fingerprint density at radius 2 is 1.64 bits per heavy atom. The van der Waals surface area contributed by atoms with Gasteiger partial charge < -0.3 is 10.2 Å². The van der Waals surface area contributed by atoms with Crippen molar-refractivity contribution in [3.05, 3.63) is 65.2 Å². The summed E-state index contributed by atoms with van der Waals surface area (Å²) in [7, 11) is 0.471. The fourth-order valence-electron chi connectivity index (χ4n) is 2.96. The molecule has 1 N–H and O–H groups in total. The second-order valence-electron chi connectivity index (χ2n) is 7.26. The molecule has 0 radical (unpaired) electrons. The Labute approximate surface area is 168 Å². The summed E-state index contributed by atoms with van der Waals surface area (Å²) < 4.78 is 24.8. The van der Waals surface area contributed by atoms with Crippen molar-refractivity contribution in [3.8, 4) is 0 Å². The van der Waals surface area contributed by atoms with Gasteiger partial charge in [0.15, 0.2) is 9.84 Å². The molecule has 0 aliphatic carbocycles. The van der Waals surface area contributed by atoms with Gasteiger partial charge in [-0.3, -0.25) is 4.79 Å². The van der Waals surface area contributed by atoms with Crippen molar-refractivity contribution in [1.29, 1.82) is 0 Å². The fourth-order valence-corrected chi connectivity index (χ4v) is 4.20. The molecule has 0 saturated carbocycles. The van der Waals surface area contributed by atoms with Crippen molar-refractivity contribution in [3.63, 3.8) is 0 Å². The van der Waals surface area contributed by atoms with Gasteiger partial charge in [0.2, 0.25) is 5.91 Å². The van der Waals surface area contributed by atoms with Crippen LogP contribution in [0.1, 0.15) is 36.1 Å². The third-order valence-electron chi connectivity index (χ3n) is 4.87. The molecule has 0 aliphatic rings. The Kier molecular flexibility index (Phi) is 7.78. The summed E-state index contributed by atoms with van der Waals surface area (Å²) >= 11 is 0. The highest BCUT2D eigenvalue weighted by molar-refractivity contribution is 7.91. The molecule has 0 aliphatic heterocycles. The van der Waals surface area contributed by atoms with Gasteiger partial charge in [0.05, 0.1) is 16.7 Å². The van der Waals surface area contributed by atoms with E-state index in [1.54, 1.807) is 24.3 Å². The topological polar surface area (TPSA) is 66.5 Å². The number of likely N-dealkylation sites (N-methyl/N-ethyl adjacent to an activating group) is 1. The van der Waals surface area contributed by atoms with E-state index in [1.807, 2.05) is 25.9 Å². The Morgan fingerprint density at radius 3 is 2.18 bits per heavy atom. The van der Waals surface area contributed by atoms with Crippen LogP contribution in [-0.2, 0) is 21.1 Å². The first kappa shape index (κ1) is 22.1. The van der Waals surface area contributed by atoms with Crippen LogP contribution in [0.25, 0.3) is 0 Å². The van der Waals surface area contributed by atoms with E-state index < -0.39 is 9.84 Å². The average Bonchev–Trinajstić information content (AvgIpc) is 2.67. The van der Waals surface area contributed by atoms with Crippen molar-refractivity contribution >= 4 is 15.7 Å². The van der Waals surface area contributed by atoms with Crippen LogP contribution in [0.2, 0.25) is 0 Å². The number of rotatable bonds is 9. The molecule has 28 heavy (non-hydrogen) atoms. The molecule has 1 amide bonds. The number of benzene rings is 2. The fraction of sp³-hybridized carbons (Fsp3) is 0.409. The normalized spacial score (nSPS) is 12.8. The first-order valence-electron chi connectivity index (χ1n) is 9.54. The molecule has 2 aromatic carbocycles. The van der Waals surface area contributed by atoms with Crippen molar-refractivity contribution in [2.75, 3.05) is 26.4 Å². The summed E-state index contributed by atoms with van der Waals surface area (Å²) in [6.45, 7) is 4.45. The van der Waals surface area contributed by atoms with Gasteiger partial charge in [0.1, 0.15) is 0 Å². The van der Waals surface area contributed by atoms with Gasteiger partial charge in [-0.05, 0) is 50.7 Å². The SMILES string of the molecule is CCc1ccc(C(CNC(=O)CCS(=O)(=O)c2ccc(C)cc2)N(C)C)cc1. The van der Waals surface area contributed by atoms with Crippen LogP contribution in [0, 0.1) is 6.92 Å². The largest absolute Gasteiger partial charge is 0.354 e. The van der Waals surface area contributed by atoms with Crippen LogP contribution >= 0.6 is 0 Å². The highest BCUT2D eigenvalue weighted by atomic mass is 32.2. The van der Waals surface area contributed by atoms with Crippen molar-refractivity contribution in [2.45, 2.75) is 37.6 Å². The molecule has 0 fully saturated rings. The lowest BCUT2D eigenvalue weighted by Crippen LogP contribution is -2.35. The summed E-state index contributed by atoms with van der Waals surface area (Å²) in [5.41, 5.74) is 3.39. The van der Waals surface area contributed by atoms with Gasteiger partial charge in [0.25, 0.3) is 0 Å². The van der Waals surface area contributed by atoms with E-state index in [0.717, 1.165) is 17.5 Å². The molecular formula is C22H30N2O3S. The van der Waals surface area contributed by atoms with Crippen LogP contribution in [0.15, 0.2) is 53.4 Å². The smallest absolute Gasteiger partial charge is 0.221 e. The molecule has 2 rings (SSSR count). The number of nitrogens with zero attached hydrogens (tertiary/aromatic N) is 1. The van der Waals surface area contributed by atoms with Crippen LogP contribution < -0.4 is 5.32 Å². The highest BCUT2D eigenvalue weighted by Gasteiger charge is 2.18. The number of carbonyl (C=O) groups excluding carboxylic acids is 1. The van der Waals surface area contributed by atoms with E-state index in [4.69, 9.17) is 0 Å². The molecule has 1 atom stereocenters. The first-order valence-corrected chi connectivity index (χ1v) is 11.2. The van der Waals surface area contributed by atoms with E-state index in [9.17, 15) is 13.2 Å². The minimum Gasteiger partial charge on any atom is -0.354 e. The summed E-state index contributed by atoms with van der Waals surface area (Å²) in [5, 5.41) is 2.88. The molecule has 5 nitrogen and oxygen atoms in total. The maximum atomic E-state index is 12.4. The van der Waals surface area contributed by atoms with Gasteiger partial charge in [-0.15, -0.1) is 0 Å². The molecule has 2 aromatic rings. The zero-order valence-electron chi connectivity index (χ0n) is 17.1. The van der Waals surface area contributed by atoms with E-state index in [2.05, 4.69) is 36.5 Å². The molecule has 0 saturated heterocycles. The lowest BCUT2D eigenvalue weighted by atomic mass is 10.0. The van der Waals surface area contributed by atoms with Crippen molar-refractivity contribution in [1.82, 2.24) is 10.2 Å². The molecule has 0 spiro atoms. The number of amides is 1. The van der Waals surface area contributed by atoms with E-state index in [-0.39, 0.29) is 29.0 Å². The van der Waals surface area contributed by atoms with Gasteiger partial charge in [-0.2, -0.15) is 0 Å². The minimum absolute atomic E-state index is 0.0311. The number of sulfone groups is 1. The number of nitrogens with one attached hydrogen (secondary N) is 1. The van der Waals surface area contributed by atoms with Gasteiger partial charge >= 0.3 is 0 Å². The average molecular weight is 403 g/mol. The molecular weight excluding hydrogens is 372 g/mol. The Bertz CT molecular complexity index is 873. The predicted molar refractivity (Wildman–Crippen MR) is 113 cm³/mol. The number of hydrogen-bond donors (Lipinski definition) is 1. The summed E-state index contributed by atoms with van der Waals surface area (Å²) in [5.74, 6) is -0.451. The molecule has 152 valence electrons. The van der Waals surface area contributed by atoms with Crippen LogP contribution in [0.4, 0.5) is 0 Å². The van der Waals surface area contributed by atoms with Gasteiger partial charge in [-0.25, -0.2) is 8.42 Å². The minimum atomic E-state index is -3.46. The van der Waals surface area contributed by atoms with Crippen LogP contribution in [-0.4, -0.2) is 45.6 Å². The first-order chi connectivity index (χ1) is 13.2.